The van der Waals surface area contributed by atoms with E-state index in [4.69, 9.17) is 27.9 Å². The minimum atomic E-state index is -0.458. The molecule has 0 saturated carbocycles. The molecule has 6 heterocycles. The fraction of sp³-hybridized carbons (Fsp3) is 0.500. The van der Waals surface area contributed by atoms with Crippen molar-refractivity contribution in [2.45, 2.75) is 51.1 Å². The van der Waals surface area contributed by atoms with Crippen molar-refractivity contribution < 1.29 is 24.2 Å². The molecule has 4 aliphatic heterocycles. The highest BCUT2D eigenvalue weighted by Gasteiger charge is 2.50. The predicted molar refractivity (Wildman–Crippen MR) is 158 cm³/mol. The van der Waals surface area contributed by atoms with Crippen LogP contribution >= 0.6 is 45.9 Å². The molecule has 0 radical (unpaired) electrons. The van der Waals surface area contributed by atoms with Gasteiger partial charge < -0.3 is 34.3 Å². The third-order valence-electron chi connectivity index (χ3n) is 6.66. The second kappa shape index (κ2) is 15.4. The molecule has 0 amide bonds. The van der Waals surface area contributed by atoms with Crippen molar-refractivity contribution in [3.05, 3.63) is 74.8 Å². The van der Waals surface area contributed by atoms with Gasteiger partial charge in [0, 0.05) is 61.2 Å². The van der Waals surface area contributed by atoms with Gasteiger partial charge in [0.1, 0.15) is 18.8 Å². The van der Waals surface area contributed by atoms with Crippen LogP contribution in [0.2, 0.25) is 8.93 Å². The fourth-order valence-corrected chi connectivity index (χ4v) is 6.91. The first kappa shape index (κ1) is 32.5. The van der Waals surface area contributed by atoms with Crippen molar-refractivity contribution >= 4 is 58.4 Å². The monoisotopic (exact) mass is 674 g/mol. The summed E-state index contributed by atoms with van der Waals surface area (Å²) in [7, 11) is 0. The number of hydrogen-bond acceptors (Lipinski definition) is 15. The van der Waals surface area contributed by atoms with E-state index in [9.17, 15) is 29.8 Å². The summed E-state index contributed by atoms with van der Waals surface area (Å²) in [5.41, 5.74) is 0.205. The molecule has 2 aromatic heterocycles. The molecule has 4 aliphatic rings. The summed E-state index contributed by atoms with van der Waals surface area (Å²) in [4.78, 5) is 55.9. The molecule has 2 atom stereocenters. The number of carbonyl (C=O) groups is 2. The van der Waals surface area contributed by atoms with Crippen molar-refractivity contribution in [2.75, 3.05) is 26.2 Å². The van der Waals surface area contributed by atoms with Gasteiger partial charge in [-0.25, -0.2) is 9.97 Å². The van der Waals surface area contributed by atoms with E-state index in [2.05, 4.69) is 20.2 Å². The van der Waals surface area contributed by atoms with Crippen LogP contribution in [0.1, 0.15) is 35.4 Å². The molecule has 6 rings (SSSR count). The summed E-state index contributed by atoms with van der Waals surface area (Å²) in [6.45, 7) is 4.18. The Morgan fingerprint density at radius 1 is 0.977 bits per heavy atom. The molecule has 19 heteroatoms. The molecular weight excluding hydrogens is 647 g/mol. The molecule has 0 spiro atoms. The summed E-state index contributed by atoms with van der Waals surface area (Å²) in [6.07, 6.45) is 7.79. The number of unbranched alkanes of at least 4 members (excludes halogenated alkanes) is 1. The topological polar surface area (TPSA) is 177 Å². The standard InChI is InChI=1S/C12H13ClN4O3S.C8H9ClN4O2S.C4H6O2/c13-12-14-5-7(21-12)6-15-3-4-16-9-2-1-8(20-9)10(11(15)16)17(18)19;9-8-11-3-6(16-8)4-12-2-1-10-7(12)5-13(14)15;5-3-1-2-4-6/h5,8-9H,1-4,6H2;3,5,10H,1-2,4H2;3-4H,1-2H2/b;7-5+;/t8-,9+;;/m1../s1. The second-order valence-electron chi connectivity index (χ2n) is 9.46. The largest absolute Gasteiger partial charge is 0.365 e. The Labute approximate surface area is 264 Å². The zero-order valence-corrected chi connectivity index (χ0v) is 25.8. The molecule has 1 N–H and O–H groups in total. The van der Waals surface area contributed by atoms with Crippen molar-refractivity contribution in [3.63, 3.8) is 0 Å². The van der Waals surface area contributed by atoms with Crippen molar-refractivity contribution in [1.82, 2.24) is 30.0 Å². The summed E-state index contributed by atoms with van der Waals surface area (Å²) in [5.74, 6) is 1.26. The molecule has 0 aromatic carbocycles. The highest BCUT2D eigenvalue weighted by Crippen LogP contribution is 2.41. The minimum Gasteiger partial charge on any atom is -0.365 e. The van der Waals surface area contributed by atoms with Gasteiger partial charge in [0.2, 0.25) is 0 Å². The number of nitro groups is 2. The Kier molecular flexibility index (Phi) is 11.6. The minimum absolute atomic E-state index is 0.0104. The maximum Gasteiger partial charge on any atom is 0.314 e. The van der Waals surface area contributed by atoms with Crippen LogP contribution in [-0.4, -0.2) is 85.6 Å². The van der Waals surface area contributed by atoms with Gasteiger partial charge in [-0.2, -0.15) is 0 Å². The van der Waals surface area contributed by atoms with Gasteiger partial charge in [-0.15, -0.1) is 22.7 Å². The Hall–Kier alpha value is -3.38. The van der Waals surface area contributed by atoms with E-state index < -0.39 is 4.92 Å². The van der Waals surface area contributed by atoms with E-state index in [0.29, 0.717) is 47.2 Å². The molecule has 43 heavy (non-hydrogen) atoms. The SMILES string of the molecule is O=CCCC=O.O=[N+]([O-])/C=C1\NCCN1Cc1cnc(Cl)s1.O=[N+]([O-])C1=C2N(Cc3cnc(Cl)s3)CCN2[C@@H]2CC[C@H]1O2. The lowest BCUT2D eigenvalue weighted by atomic mass is 10.2. The molecule has 15 nitrogen and oxygen atoms in total. The van der Waals surface area contributed by atoms with E-state index in [0.717, 1.165) is 66.8 Å². The third-order valence-corrected chi connectivity index (χ3v) is 8.86. The average Bonchev–Trinajstić information content (AvgIpc) is 3.80. The Bertz CT molecular complexity index is 1380. The first-order valence-corrected chi connectivity index (χ1v) is 15.6. The number of halogens is 2. The van der Waals surface area contributed by atoms with Crippen LogP contribution in [0, 0.1) is 20.2 Å². The van der Waals surface area contributed by atoms with Crippen LogP contribution in [0.25, 0.3) is 0 Å². The quantitative estimate of drug-likeness (QED) is 0.177. The number of aromatic nitrogens is 2. The van der Waals surface area contributed by atoms with Crippen LogP contribution in [0.15, 0.2) is 35.9 Å². The second-order valence-corrected chi connectivity index (χ2v) is 12.9. The zero-order chi connectivity index (χ0) is 30.9. The number of fused-ring (bicyclic) bond motifs is 4. The van der Waals surface area contributed by atoms with E-state index in [1.807, 2.05) is 9.80 Å². The van der Waals surface area contributed by atoms with Crippen molar-refractivity contribution in [3.8, 4) is 0 Å². The number of nitrogens with one attached hydrogen (secondary N) is 1. The van der Waals surface area contributed by atoms with E-state index in [1.165, 1.54) is 22.7 Å². The van der Waals surface area contributed by atoms with Gasteiger partial charge in [0.05, 0.1) is 22.9 Å². The summed E-state index contributed by atoms with van der Waals surface area (Å²) in [5, 5.41) is 24.8. The molecule has 2 bridgehead atoms. The van der Waals surface area contributed by atoms with Crippen molar-refractivity contribution in [1.29, 1.82) is 0 Å². The predicted octanol–water partition coefficient (Wildman–Crippen LogP) is 3.32. The maximum absolute atomic E-state index is 11.5. The van der Waals surface area contributed by atoms with Gasteiger partial charge in [-0.3, -0.25) is 20.2 Å². The smallest absolute Gasteiger partial charge is 0.314 e. The lowest BCUT2D eigenvalue weighted by molar-refractivity contribution is -0.443. The summed E-state index contributed by atoms with van der Waals surface area (Å²) < 4.78 is 6.74. The van der Waals surface area contributed by atoms with Crippen LogP contribution < -0.4 is 5.32 Å². The van der Waals surface area contributed by atoms with Crippen molar-refractivity contribution in [2.24, 2.45) is 0 Å². The molecule has 3 fully saturated rings. The number of carbonyl (C=O) groups excluding carboxylic acids is 2. The molecule has 0 aliphatic carbocycles. The highest BCUT2D eigenvalue weighted by atomic mass is 35.5. The Balaban J connectivity index is 0.000000171. The lowest BCUT2D eigenvalue weighted by Gasteiger charge is -2.32. The molecule has 232 valence electrons. The number of hydrogen-bond donors (Lipinski definition) is 1. The zero-order valence-electron chi connectivity index (χ0n) is 22.7. The van der Waals surface area contributed by atoms with Gasteiger partial charge >= 0.3 is 5.70 Å². The van der Waals surface area contributed by atoms with E-state index >= 15 is 0 Å². The Morgan fingerprint density at radius 3 is 2.14 bits per heavy atom. The van der Waals surface area contributed by atoms with Gasteiger partial charge in [0.15, 0.2) is 26.7 Å². The number of nitrogens with zero attached hydrogens (tertiary/aromatic N) is 7. The normalized spacial score (nSPS) is 21.1. The maximum atomic E-state index is 11.5. The number of rotatable bonds is 9. The number of aldehydes is 2. The molecule has 0 unspecified atom stereocenters. The van der Waals surface area contributed by atoms with Gasteiger partial charge in [-0.05, 0) is 12.8 Å². The lowest BCUT2D eigenvalue weighted by Crippen LogP contribution is -2.41. The third kappa shape index (κ3) is 8.60. The number of thiazole rings is 2. The summed E-state index contributed by atoms with van der Waals surface area (Å²) in [6, 6.07) is 0. The molecule has 3 saturated heterocycles. The van der Waals surface area contributed by atoms with E-state index in [-0.39, 0.29) is 23.0 Å². The molecule has 2 aromatic rings. The van der Waals surface area contributed by atoms with Gasteiger partial charge in [0.25, 0.3) is 6.20 Å². The van der Waals surface area contributed by atoms with Crippen LogP contribution in [0.5, 0.6) is 0 Å². The highest BCUT2D eigenvalue weighted by molar-refractivity contribution is 7.16. The van der Waals surface area contributed by atoms with Crippen LogP contribution in [0.3, 0.4) is 0 Å². The van der Waals surface area contributed by atoms with Gasteiger partial charge in [-0.1, -0.05) is 23.2 Å². The first-order chi connectivity index (χ1) is 20.7. The average molecular weight is 676 g/mol. The fourth-order valence-electron chi connectivity index (χ4n) is 4.93. The number of ether oxygens (including phenoxy) is 1. The van der Waals surface area contributed by atoms with Crippen LogP contribution in [-0.2, 0) is 27.4 Å². The first-order valence-electron chi connectivity index (χ1n) is 13.2. The molecular formula is C24H28Cl2N8O7S2. The van der Waals surface area contributed by atoms with Crippen LogP contribution in [0.4, 0.5) is 0 Å². The Morgan fingerprint density at radius 2 is 1.60 bits per heavy atom. The van der Waals surface area contributed by atoms with E-state index in [1.54, 1.807) is 12.4 Å². The summed E-state index contributed by atoms with van der Waals surface area (Å²) >= 11 is 14.4.